The van der Waals surface area contributed by atoms with E-state index >= 15 is 0 Å². The molecule has 0 radical (unpaired) electrons. The zero-order valence-corrected chi connectivity index (χ0v) is 12.3. The minimum atomic E-state index is 0.0843. The number of fused-ring (bicyclic) bond motifs is 2. The molecule has 0 atom stereocenters. The number of phenolic OH excluding ortho intramolecular Hbond substituents is 1. The lowest BCUT2D eigenvalue weighted by Crippen LogP contribution is -2.20. The van der Waals surface area contributed by atoms with Crippen molar-refractivity contribution in [3.8, 4) is 5.75 Å². The fourth-order valence-corrected chi connectivity index (χ4v) is 2.85. The number of anilines is 3. The molecule has 0 aliphatic carbocycles. The van der Waals surface area contributed by atoms with Gasteiger partial charge in [0.25, 0.3) is 0 Å². The molecule has 0 saturated heterocycles. The van der Waals surface area contributed by atoms with E-state index in [1.807, 2.05) is 6.07 Å². The average Bonchev–Trinajstić information content (AvgIpc) is 2.90. The van der Waals surface area contributed by atoms with Gasteiger partial charge in [0.15, 0.2) is 17.0 Å². The summed E-state index contributed by atoms with van der Waals surface area (Å²) in [7, 11) is 0. The van der Waals surface area contributed by atoms with Gasteiger partial charge in [-0.15, -0.1) is 0 Å². The Kier molecular flexibility index (Phi) is 2.90. The molecule has 4 rings (SSSR count). The largest absolute Gasteiger partial charge is 0.508 e. The summed E-state index contributed by atoms with van der Waals surface area (Å²) in [5.74, 6) is 0.565. The van der Waals surface area contributed by atoms with Crippen molar-refractivity contribution in [1.29, 1.82) is 0 Å². The lowest BCUT2D eigenvalue weighted by atomic mass is 10.1. The molecule has 1 aromatic carbocycles. The molecule has 0 bridgehead atoms. The van der Waals surface area contributed by atoms with E-state index in [-0.39, 0.29) is 17.5 Å². The number of hydrogen-bond donors (Lipinski definition) is 3. The molecule has 2 aromatic heterocycles. The van der Waals surface area contributed by atoms with Crippen molar-refractivity contribution in [2.75, 3.05) is 22.9 Å². The maximum atomic E-state index is 9.68. The van der Waals surface area contributed by atoms with Crippen LogP contribution in [0.2, 0.25) is 0 Å². The second kappa shape index (κ2) is 4.94. The van der Waals surface area contributed by atoms with E-state index in [1.54, 1.807) is 18.3 Å². The average molecular weight is 309 g/mol. The van der Waals surface area contributed by atoms with Crippen LogP contribution in [0.15, 0.2) is 24.4 Å². The van der Waals surface area contributed by atoms with E-state index in [0.29, 0.717) is 17.7 Å². The van der Waals surface area contributed by atoms with E-state index < -0.39 is 0 Å². The Labute approximate surface area is 131 Å². The molecule has 1 aliphatic rings. The summed E-state index contributed by atoms with van der Waals surface area (Å²) in [6.45, 7) is 1.44. The fourth-order valence-electron chi connectivity index (χ4n) is 2.85. The fraction of sp³-hybridized carbons (Fsp3) is 0.200. The molecule has 8 heteroatoms. The molecule has 116 valence electrons. The number of nitrogen functional groups attached to an aromatic ring is 2. The molecule has 1 aliphatic heterocycles. The molecule has 0 amide bonds. The van der Waals surface area contributed by atoms with Crippen molar-refractivity contribution in [2.45, 2.75) is 13.0 Å². The molecule has 8 nitrogen and oxygen atoms in total. The number of aromatic nitrogens is 4. The molecular weight excluding hydrogens is 294 g/mol. The van der Waals surface area contributed by atoms with Gasteiger partial charge in [-0.1, -0.05) is 6.07 Å². The smallest absolute Gasteiger partial charge is 0.224 e. The van der Waals surface area contributed by atoms with Crippen molar-refractivity contribution in [3.63, 3.8) is 0 Å². The predicted octanol–water partition coefficient (Wildman–Crippen LogP) is 0.853. The normalized spacial score (nSPS) is 13.5. The number of rotatable bonds is 2. The Bertz CT molecular complexity index is 912. The van der Waals surface area contributed by atoms with Gasteiger partial charge < -0.3 is 21.5 Å². The van der Waals surface area contributed by atoms with E-state index in [4.69, 9.17) is 11.5 Å². The first kappa shape index (κ1) is 13.5. The van der Waals surface area contributed by atoms with Gasteiger partial charge in [-0.25, -0.2) is 9.97 Å². The minimum Gasteiger partial charge on any atom is -0.508 e. The molecule has 0 fully saturated rings. The second-order valence-electron chi connectivity index (χ2n) is 5.49. The Balaban J connectivity index is 1.68. The second-order valence-corrected chi connectivity index (χ2v) is 5.49. The van der Waals surface area contributed by atoms with E-state index in [1.165, 1.54) is 5.56 Å². The Morgan fingerprint density at radius 2 is 2.04 bits per heavy atom. The van der Waals surface area contributed by atoms with Crippen molar-refractivity contribution in [1.82, 2.24) is 19.9 Å². The predicted molar refractivity (Wildman–Crippen MR) is 86.8 cm³/mol. The van der Waals surface area contributed by atoms with Crippen molar-refractivity contribution in [2.24, 2.45) is 0 Å². The first-order valence-corrected chi connectivity index (χ1v) is 7.21. The highest BCUT2D eigenvalue weighted by Crippen LogP contribution is 2.32. The topological polar surface area (TPSA) is 127 Å². The SMILES string of the molecule is Nc1nc(N)c2nc(CN3CCc4ccc(O)cc43)cnc2n1. The van der Waals surface area contributed by atoms with Gasteiger partial charge in [-0.05, 0) is 18.1 Å². The Morgan fingerprint density at radius 3 is 2.91 bits per heavy atom. The highest BCUT2D eigenvalue weighted by Gasteiger charge is 2.20. The molecular formula is C15H15N7O. The molecule has 5 N–H and O–H groups in total. The van der Waals surface area contributed by atoms with Gasteiger partial charge >= 0.3 is 0 Å². The van der Waals surface area contributed by atoms with E-state index in [0.717, 1.165) is 24.3 Å². The van der Waals surface area contributed by atoms with Crippen molar-refractivity contribution in [3.05, 3.63) is 35.7 Å². The minimum absolute atomic E-state index is 0.0843. The van der Waals surface area contributed by atoms with Crippen LogP contribution >= 0.6 is 0 Å². The van der Waals surface area contributed by atoms with Crippen LogP contribution < -0.4 is 16.4 Å². The highest BCUT2D eigenvalue weighted by molar-refractivity contribution is 5.81. The van der Waals surface area contributed by atoms with Crippen LogP contribution in [-0.4, -0.2) is 31.6 Å². The lowest BCUT2D eigenvalue weighted by Gasteiger charge is -2.19. The summed E-state index contributed by atoms with van der Waals surface area (Å²) in [6, 6.07) is 5.43. The summed E-state index contributed by atoms with van der Waals surface area (Å²) in [6.07, 6.45) is 2.60. The first-order chi connectivity index (χ1) is 11.1. The molecule has 0 unspecified atom stereocenters. The van der Waals surface area contributed by atoms with Crippen LogP contribution in [0.1, 0.15) is 11.3 Å². The maximum Gasteiger partial charge on any atom is 0.224 e. The van der Waals surface area contributed by atoms with E-state index in [9.17, 15) is 5.11 Å². The highest BCUT2D eigenvalue weighted by atomic mass is 16.3. The van der Waals surface area contributed by atoms with Crippen LogP contribution in [0, 0.1) is 0 Å². The number of hydrogen-bond acceptors (Lipinski definition) is 8. The van der Waals surface area contributed by atoms with Gasteiger partial charge in [0, 0.05) is 18.3 Å². The summed E-state index contributed by atoms with van der Waals surface area (Å²) >= 11 is 0. The first-order valence-electron chi connectivity index (χ1n) is 7.21. The lowest BCUT2D eigenvalue weighted by molar-refractivity contribution is 0.475. The van der Waals surface area contributed by atoms with Crippen molar-refractivity contribution < 1.29 is 5.11 Å². The standard InChI is InChI=1S/C15H15N7O/c16-13-12-14(21-15(17)20-13)18-6-9(19-12)7-22-4-3-8-1-2-10(23)5-11(8)22/h1-2,5-6,23H,3-4,7H2,(H4,16,17,18,20,21). The summed E-state index contributed by atoms with van der Waals surface area (Å²) in [5, 5.41) is 9.68. The van der Waals surface area contributed by atoms with Crippen LogP contribution in [0.5, 0.6) is 5.75 Å². The van der Waals surface area contributed by atoms with Gasteiger partial charge in [0.1, 0.15) is 5.75 Å². The number of phenols is 1. The molecule has 0 spiro atoms. The number of nitrogens with zero attached hydrogens (tertiary/aromatic N) is 5. The van der Waals surface area contributed by atoms with Crippen LogP contribution in [0.25, 0.3) is 11.2 Å². The number of aromatic hydroxyl groups is 1. The van der Waals surface area contributed by atoms with Crippen LogP contribution in [-0.2, 0) is 13.0 Å². The van der Waals surface area contributed by atoms with Crippen molar-refractivity contribution >= 4 is 28.6 Å². The van der Waals surface area contributed by atoms with Gasteiger partial charge in [0.05, 0.1) is 18.4 Å². The monoisotopic (exact) mass is 309 g/mol. The zero-order valence-electron chi connectivity index (χ0n) is 12.3. The summed E-state index contributed by atoms with van der Waals surface area (Å²) in [5.41, 5.74) is 15.2. The van der Waals surface area contributed by atoms with Gasteiger partial charge in [0.2, 0.25) is 5.95 Å². The quantitative estimate of drug-likeness (QED) is 0.636. The van der Waals surface area contributed by atoms with Crippen LogP contribution in [0.4, 0.5) is 17.5 Å². The Morgan fingerprint density at radius 1 is 1.17 bits per heavy atom. The summed E-state index contributed by atoms with van der Waals surface area (Å²) in [4.78, 5) is 18.9. The zero-order chi connectivity index (χ0) is 16.0. The van der Waals surface area contributed by atoms with Gasteiger partial charge in [-0.2, -0.15) is 9.97 Å². The molecule has 0 saturated carbocycles. The number of nitrogens with two attached hydrogens (primary N) is 2. The van der Waals surface area contributed by atoms with Crippen LogP contribution in [0.3, 0.4) is 0 Å². The number of benzene rings is 1. The summed E-state index contributed by atoms with van der Waals surface area (Å²) < 4.78 is 0. The Hall–Kier alpha value is -3.16. The molecule has 3 heterocycles. The molecule has 23 heavy (non-hydrogen) atoms. The maximum absolute atomic E-state index is 9.68. The third-order valence-electron chi connectivity index (χ3n) is 3.91. The third-order valence-corrected chi connectivity index (χ3v) is 3.91. The molecule has 3 aromatic rings. The third kappa shape index (κ3) is 2.33. The van der Waals surface area contributed by atoms with E-state index in [2.05, 4.69) is 24.8 Å². The van der Waals surface area contributed by atoms with Gasteiger partial charge in [-0.3, -0.25) is 0 Å².